The van der Waals surface area contributed by atoms with Crippen molar-refractivity contribution in [2.45, 2.75) is 44.9 Å². The van der Waals surface area contributed by atoms with E-state index in [-0.39, 0.29) is 12.5 Å². The maximum absolute atomic E-state index is 12.6. The minimum atomic E-state index is -0.170. The number of carbonyl (C=O) groups excluding carboxylic acids is 1. The number of hydrogen-bond donors (Lipinski definition) is 1. The third kappa shape index (κ3) is 4.93. The van der Waals surface area contributed by atoms with E-state index in [1.54, 1.807) is 11.3 Å². The van der Waals surface area contributed by atoms with E-state index < -0.39 is 0 Å². The Bertz CT molecular complexity index is 1220. The predicted octanol–water partition coefficient (Wildman–Crippen LogP) is 7.34. The number of nitrogens with zero attached hydrogens (tertiary/aromatic N) is 1. The lowest BCUT2D eigenvalue weighted by Gasteiger charge is -2.22. The number of thiazole rings is 1. The largest absolute Gasteiger partial charge is 0.484 e. The standard InChI is InChI=1S/C28H28N2O2S/c1-19-23(28-30-25-11-5-6-13-26(25)33-28)10-7-12-24(19)29-27(31)18-32-22-16-14-21(15-17-22)20-8-3-2-4-9-20/h5-7,10-17,20H,2-4,8-9,18H2,1H3,(H,29,31). The van der Waals surface area contributed by atoms with E-state index in [4.69, 9.17) is 9.72 Å². The van der Waals surface area contributed by atoms with Crippen molar-refractivity contribution in [2.24, 2.45) is 0 Å². The highest BCUT2D eigenvalue weighted by Crippen LogP contribution is 2.35. The van der Waals surface area contributed by atoms with Gasteiger partial charge in [0, 0.05) is 11.3 Å². The first kappa shape index (κ1) is 21.7. The van der Waals surface area contributed by atoms with Crippen LogP contribution in [0.25, 0.3) is 20.8 Å². The lowest BCUT2D eigenvalue weighted by Crippen LogP contribution is -2.20. The number of benzene rings is 3. The molecule has 0 unspecified atom stereocenters. The van der Waals surface area contributed by atoms with Crippen molar-refractivity contribution in [1.82, 2.24) is 4.98 Å². The van der Waals surface area contributed by atoms with Gasteiger partial charge in [0.15, 0.2) is 6.61 Å². The molecule has 5 rings (SSSR count). The molecule has 1 amide bonds. The molecule has 1 aliphatic carbocycles. The van der Waals surface area contributed by atoms with Gasteiger partial charge in [-0.05, 0) is 67.1 Å². The molecular weight excluding hydrogens is 428 g/mol. The second-order valence-corrected chi connectivity index (χ2v) is 9.74. The summed E-state index contributed by atoms with van der Waals surface area (Å²) in [5, 5.41) is 3.96. The first-order valence-electron chi connectivity index (χ1n) is 11.7. The smallest absolute Gasteiger partial charge is 0.262 e. The Hall–Kier alpha value is -3.18. The van der Waals surface area contributed by atoms with Crippen LogP contribution in [-0.2, 0) is 4.79 Å². The summed E-state index contributed by atoms with van der Waals surface area (Å²) in [6.45, 7) is 2.00. The Labute approximate surface area is 198 Å². The topological polar surface area (TPSA) is 51.2 Å². The Morgan fingerprint density at radius 1 is 1.00 bits per heavy atom. The number of aromatic nitrogens is 1. The molecule has 1 fully saturated rings. The van der Waals surface area contributed by atoms with Gasteiger partial charge in [-0.15, -0.1) is 11.3 Å². The van der Waals surface area contributed by atoms with Gasteiger partial charge in [-0.2, -0.15) is 0 Å². The normalized spacial score (nSPS) is 14.3. The molecule has 1 aliphatic rings. The highest BCUT2D eigenvalue weighted by molar-refractivity contribution is 7.21. The van der Waals surface area contributed by atoms with Gasteiger partial charge in [-0.1, -0.05) is 55.7 Å². The molecule has 1 N–H and O–H groups in total. The highest BCUT2D eigenvalue weighted by Gasteiger charge is 2.16. The summed E-state index contributed by atoms with van der Waals surface area (Å²) in [6, 6.07) is 22.3. The molecule has 0 atom stereocenters. The maximum Gasteiger partial charge on any atom is 0.262 e. The molecule has 168 valence electrons. The number of hydrogen-bond acceptors (Lipinski definition) is 4. The van der Waals surface area contributed by atoms with E-state index in [0.717, 1.165) is 37.8 Å². The lowest BCUT2D eigenvalue weighted by atomic mass is 9.84. The first-order chi connectivity index (χ1) is 16.2. The predicted molar refractivity (Wildman–Crippen MR) is 136 cm³/mol. The third-order valence-electron chi connectivity index (χ3n) is 6.46. The van der Waals surface area contributed by atoms with Crippen molar-refractivity contribution in [2.75, 3.05) is 11.9 Å². The molecule has 5 heteroatoms. The molecule has 0 spiro atoms. The number of amides is 1. The van der Waals surface area contributed by atoms with E-state index in [0.29, 0.717) is 5.92 Å². The summed E-state index contributed by atoms with van der Waals surface area (Å²) >= 11 is 1.66. The molecule has 0 saturated heterocycles. The molecule has 4 aromatic rings. The Kier molecular flexibility index (Phi) is 6.40. The molecule has 1 saturated carbocycles. The quantitative estimate of drug-likeness (QED) is 0.330. The Morgan fingerprint density at radius 2 is 1.79 bits per heavy atom. The van der Waals surface area contributed by atoms with Gasteiger partial charge in [0.25, 0.3) is 5.91 Å². The van der Waals surface area contributed by atoms with E-state index in [2.05, 4.69) is 23.5 Å². The fraction of sp³-hybridized carbons (Fsp3) is 0.286. The summed E-state index contributed by atoms with van der Waals surface area (Å²) < 4.78 is 6.91. The van der Waals surface area contributed by atoms with Crippen LogP contribution in [0.15, 0.2) is 66.7 Å². The molecule has 1 heterocycles. The minimum absolute atomic E-state index is 0.0203. The average molecular weight is 457 g/mol. The third-order valence-corrected chi connectivity index (χ3v) is 7.53. The average Bonchev–Trinajstić information content (AvgIpc) is 3.29. The monoisotopic (exact) mass is 456 g/mol. The number of nitrogens with one attached hydrogen (secondary N) is 1. The van der Waals surface area contributed by atoms with Crippen molar-refractivity contribution in [1.29, 1.82) is 0 Å². The summed E-state index contributed by atoms with van der Waals surface area (Å²) in [6.07, 6.45) is 6.55. The fourth-order valence-corrected chi connectivity index (χ4v) is 5.65. The Balaban J connectivity index is 1.22. The molecule has 33 heavy (non-hydrogen) atoms. The van der Waals surface area contributed by atoms with Gasteiger partial charge in [-0.25, -0.2) is 4.98 Å². The molecule has 1 aromatic heterocycles. The fourth-order valence-electron chi connectivity index (χ4n) is 4.60. The van der Waals surface area contributed by atoms with Gasteiger partial charge in [-0.3, -0.25) is 4.79 Å². The van der Waals surface area contributed by atoms with E-state index >= 15 is 0 Å². The molecule has 0 radical (unpaired) electrons. The zero-order valence-corrected chi connectivity index (χ0v) is 19.7. The Morgan fingerprint density at radius 3 is 2.58 bits per heavy atom. The van der Waals surface area contributed by atoms with Crippen LogP contribution < -0.4 is 10.1 Å². The summed E-state index contributed by atoms with van der Waals surface area (Å²) in [5.74, 6) is 1.22. The second-order valence-electron chi connectivity index (χ2n) is 8.71. The van der Waals surface area contributed by atoms with Crippen LogP contribution in [0.5, 0.6) is 5.75 Å². The minimum Gasteiger partial charge on any atom is -0.484 e. The van der Waals surface area contributed by atoms with E-state index in [1.807, 2.05) is 55.5 Å². The van der Waals surface area contributed by atoms with Crippen molar-refractivity contribution in [3.05, 3.63) is 77.9 Å². The summed E-state index contributed by atoms with van der Waals surface area (Å²) in [4.78, 5) is 17.4. The van der Waals surface area contributed by atoms with Crippen LogP contribution in [-0.4, -0.2) is 17.5 Å². The number of rotatable bonds is 6. The highest BCUT2D eigenvalue weighted by atomic mass is 32.1. The summed E-state index contributed by atoms with van der Waals surface area (Å²) in [7, 11) is 0. The van der Waals surface area contributed by atoms with Gasteiger partial charge in [0.05, 0.1) is 10.2 Å². The number of para-hydroxylation sites is 1. The zero-order valence-electron chi connectivity index (χ0n) is 18.8. The van der Waals surface area contributed by atoms with Gasteiger partial charge in [0.1, 0.15) is 10.8 Å². The van der Waals surface area contributed by atoms with E-state index in [1.165, 1.54) is 37.7 Å². The van der Waals surface area contributed by atoms with Crippen LogP contribution in [0.1, 0.15) is 49.1 Å². The van der Waals surface area contributed by atoms with Crippen molar-refractivity contribution >= 4 is 33.1 Å². The molecule has 0 aliphatic heterocycles. The van der Waals surface area contributed by atoms with Gasteiger partial charge >= 0.3 is 0 Å². The van der Waals surface area contributed by atoms with Crippen molar-refractivity contribution < 1.29 is 9.53 Å². The second kappa shape index (κ2) is 9.75. The van der Waals surface area contributed by atoms with Crippen LogP contribution in [0, 0.1) is 6.92 Å². The number of carbonyl (C=O) groups is 1. The number of anilines is 1. The number of fused-ring (bicyclic) bond motifs is 1. The van der Waals surface area contributed by atoms with Gasteiger partial charge < -0.3 is 10.1 Å². The first-order valence-corrected chi connectivity index (χ1v) is 12.5. The van der Waals surface area contributed by atoms with Crippen molar-refractivity contribution in [3.63, 3.8) is 0 Å². The maximum atomic E-state index is 12.6. The number of ether oxygens (including phenoxy) is 1. The van der Waals surface area contributed by atoms with E-state index in [9.17, 15) is 4.79 Å². The van der Waals surface area contributed by atoms with Crippen LogP contribution in [0.2, 0.25) is 0 Å². The van der Waals surface area contributed by atoms with Crippen molar-refractivity contribution in [3.8, 4) is 16.3 Å². The van der Waals surface area contributed by atoms with Crippen LogP contribution in [0.4, 0.5) is 5.69 Å². The van der Waals surface area contributed by atoms with Crippen LogP contribution >= 0.6 is 11.3 Å². The molecule has 3 aromatic carbocycles. The summed E-state index contributed by atoms with van der Waals surface area (Å²) in [5.41, 5.74) is 5.20. The lowest BCUT2D eigenvalue weighted by molar-refractivity contribution is -0.118. The zero-order chi connectivity index (χ0) is 22.6. The molecule has 0 bridgehead atoms. The van der Waals surface area contributed by atoms with Gasteiger partial charge in [0.2, 0.25) is 0 Å². The van der Waals surface area contributed by atoms with Crippen LogP contribution in [0.3, 0.4) is 0 Å². The molecule has 4 nitrogen and oxygen atoms in total. The molecular formula is C28H28N2O2S. The SMILES string of the molecule is Cc1c(NC(=O)COc2ccc(C3CCCCC3)cc2)cccc1-c1nc2ccccc2s1.